The molecular weight excluding hydrogens is 164 g/mol. The Balaban J connectivity index is 2.77. The van der Waals surface area contributed by atoms with Crippen molar-refractivity contribution in [1.29, 1.82) is 0 Å². The average Bonchev–Trinajstić information content (AvgIpc) is 2.30. The molecular formula is C6H10N2O4. The number of carbonyl (C=O) groups is 2. The smallest absolute Gasteiger partial charge is 0.410 e. The normalized spacial score (nSPS) is 28.9. The molecule has 1 rings (SSSR count). The van der Waals surface area contributed by atoms with Gasteiger partial charge in [-0.25, -0.2) is 4.79 Å². The van der Waals surface area contributed by atoms with Crippen LogP contribution in [0.1, 0.15) is 12.8 Å². The van der Waals surface area contributed by atoms with E-state index in [0.29, 0.717) is 11.3 Å². The zero-order valence-electron chi connectivity index (χ0n) is 6.30. The van der Waals surface area contributed by atoms with Gasteiger partial charge in [0.1, 0.15) is 12.3 Å². The molecule has 2 amide bonds. The summed E-state index contributed by atoms with van der Waals surface area (Å²) in [5.74, 6) is -0.714. The second kappa shape index (κ2) is 2.98. The van der Waals surface area contributed by atoms with E-state index in [-0.39, 0.29) is 6.42 Å². The molecule has 0 spiro atoms. The van der Waals surface area contributed by atoms with E-state index >= 15 is 0 Å². The number of hydrogen-bond donors (Lipinski definition) is 3. The van der Waals surface area contributed by atoms with Gasteiger partial charge in [0.15, 0.2) is 0 Å². The maximum Gasteiger partial charge on any atom is 0.410 e. The molecule has 68 valence electrons. The SMILES string of the molecule is NC(=O)C1CCC(O)N1C(=O)O. The Hall–Kier alpha value is -1.30. The monoisotopic (exact) mass is 174 g/mol. The van der Waals surface area contributed by atoms with Crippen molar-refractivity contribution >= 4 is 12.0 Å². The number of amides is 2. The van der Waals surface area contributed by atoms with Gasteiger partial charge in [0.05, 0.1) is 0 Å². The molecule has 1 heterocycles. The lowest BCUT2D eigenvalue weighted by Crippen LogP contribution is -2.46. The number of carboxylic acid groups (broad SMARTS) is 1. The number of nitrogens with two attached hydrogens (primary N) is 1. The van der Waals surface area contributed by atoms with E-state index in [2.05, 4.69) is 0 Å². The third-order valence-corrected chi connectivity index (χ3v) is 1.90. The number of likely N-dealkylation sites (tertiary alicyclic amines) is 1. The number of hydrogen-bond acceptors (Lipinski definition) is 3. The Morgan fingerprint density at radius 1 is 1.42 bits per heavy atom. The van der Waals surface area contributed by atoms with Crippen LogP contribution >= 0.6 is 0 Å². The standard InChI is InChI=1S/C6H10N2O4/c7-5(10)3-1-2-4(9)8(3)6(11)12/h3-4,9H,1-2H2,(H2,7,10)(H,11,12). The molecule has 0 aromatic heterocycles. The van der Waals surface area contributed by atoms with E-state index in [0.717, 1.165) is 0 Å². The van der Waals surface area contributed by atoms with Gasteiger partial charge < -0.3 is 15.9 Å². The first-order valence-electron chi connectivity index (χ1n) is 3.52. The second-order valence-electron chi connectivity index (χ2n) is 2.67. The molecule has 6 nitrogen and oxygen atoms in total. The van der Waals surface area contributed by atoms with Crippen molar-refractivity contribution in [3.63, 3.8) is 0 Å². The Morgan fingerprint density at radius 2 is 2.00 bits per heavy atom. The van der Waals surface area contributed by atoms with Crippen LogP contribution < -0.4 is 5.73 Å². The van der Waals surface area contributed by atoms with Gasteiger partial charge in [0, 0.05) is 0 Å². The van der Waals surface area contributed by atoms with Crippen LogP contribution in [0.3, 0.4) is 0 Å². The summed E-state index contributed by atoms with van der Waals surface area (Å²) in [6, 6.07) is -0.877. The van der Waals surface area contributed by atoms with E-state index in [1.807, 2.05) is 0 Å². The maximum atomic E-state index is 10.7. The van der Waals surface area contributed by atoms with Gasteiger partial charge in [0.2, 0.25) is 5.91 Å². The molecule has 2 unspecified atom stereocenters. The minimum absolute atomic E-state index is 0.264. The van der Waals surface area contributed by atoms with Crippen LogP contribution in [0.25, 0.3) is 0 Å². The molecule has 0 aliphatic carbocycles. The molecule has 1 saturated heterocycles. The molecule has 0 aromatic carbocycles. The van der Waals surface area contributed by atoms with Gasteiger partial charge in [-0.1, -0.05) is 0 Å². The Bertz CT molecular complexity index is 218. The highest BCUT2D eigenvalue weighted by Gasteiger charge is 2.38. The molecule has 4 N–H and O–H groups in total. The molecule has 0 bridgehead atoms. The lowest BCUT2D eigenvalue weighted by atomic mass is 10.2. The second-order valence-corrected chi connectivity index (χ2v) is 2.67. The van der Waals surface area contributed by atoms with Gasteiger partial charge in [-0.3, -0.25) is 9.69 Å². The summed E-state index contributed by atoms with van der Waals surface area (Å²) in [7, 11) is 0. The van der Waals surface area contributed by atoms with Crippen LogP contribution in [0.4, 0.5) is 4.79 Å². The Kier molecular flexibility index (Phi) is 2.18. The molecule has 1 fully saturated rings. The average molecular weight is 174 g/mol. The largest absolute Gasteiger partial charge is 0.465 e. The quantitative estimate of drug-likeness (QED) is 0.471. The van der Waals surface area contributed by atoms with Crippen LogP contribution in [0.2, 0.25) is 0 Å². The molecule has 12 heavy (non-hydrogen) atoms. The molecule has 2 atom stereocenters. The fourth-order valence-corrected chi connectivity index (χ4v) is 1.33. The van der Waals surface area contributed by atoms with Crippen molar-refractivity contribution in [3.05, 3.63) is 0 Å². The third kappa shape index (κ3) is 1.33. The lowest BCUT2D eigenvalue weighted by Gasteiger charge is -2.21. The highest BCUT2D eigenvalue weighted by atomic mass is 16.4. The first kappa shape index (κ1) is 8.79. The lowest BCUT2D eigenvalue weighted by molar-refractivity contribution is -0.123. The van der Waals surface area contributed by atoms with Crippen molar-refractivity contribution in [2.24, 2.45) is 5.73 Å². The van der Waals surface area contributed by atoms with E-state index in [1.165, 1.54) is 0 Å². The molecule has 0 saturated carbocycles. The minimum Gasteiger partial charge on any atom is -0.465 e. The number of aliphatic hydroxyl groups is 1. The molecule has 1 aliphatic rings. The van der Waals surface area contributed by atoms with Crippen molar-refractivity contribution in [2.75, 3.05) is 0 Å². The zero-order valence-corrected chi connectivity index (χ0v) is 6.30. The highest BCUT2D eigenvalue weighted by Crippen LogP contribution is 2.21. The van der Waals surface area contributed by atoms with Crippen LogP contribution in [-0.4, -0.2) is 39.4 Å². The van der Waals surface area contributed by atoms with Gasteiger partial charge in [0.25, 0.3) is 0 Å². The minimum atomic E-state index is -1.32. The van der Waals surface area contributed by atoms with Gasteiger partial charge in [-0.2, -0.15) is 0 Å². The topological polar surface area (TPSA) is 104 Å². The van der Waals surface area contributed by atoms with Crippen LogP contribution in [0.5, 0.6) is 0 Å². The van der Waals surface area contributed by atoms with E-state index in [9.17, 15) is 9.59 Å². The Morgan fingerprint density at radius 3 is 2.33 bits per heavy atom. The van der Waals surface area contributed by atoms with Crippen molar-refractivity contribution in [2.45, 2.75) is 25.1 Å². The summed E-state index contributed by atoms with van der Waals surface area (Å²) in [5.41, 5.74) is 4.93. The summed E-state index contributed by atoms with van der Waals surface area (Å²) in [4.78, 5) is 21.8. The van der Waals surface area contributed by atoms with Crippen LogP contribution in [0.15, 0.2) is 0 Å². The first-order chi connectivity index (χ1) is 5.54. The fourth-order valence-electron chi connectivity index (χ4n) is 1.33. The fraction of sp³-hybridized carbons (Fsp3) is 0.667. The van der Waals surface area contributed by atoms with Crippen molar-refractivity contribution < 1.29 is 19.8 Å². The summed E-state index contributed by atoms with van der Waals surface area (Å²) < 4.78 is 0. The van der Waals surface area contributed by atoms with E-state index in [1.54, 1.807) is 0 Å². The first-order valence-corrected chi connectivity index (χ1v) is 3.52. The number of aliphatic hydroxyl groups excluding tert-OH is 1. The van der Waals surface area contributed by atoms with Crippen LogP contribution in [-0.2, 0) is 4.79 Å². The highest BCUT2D eigenvalue weighted by molar-refractivity contribution is 5.84. The maximum absolute atomic E-state index is 10.7. The van der Waals surface area contributed by atoms with Crippen LogP contribution in [0, 0.1) is 0 Å². The zero-order chi connectivity index (χ0) is 9.30. The molecule has 6 heteroatoms. The van der Waals surface area contributed by atoms with Gasteiger partial charge >= 0.3 is 6.09 Å². The third-order valence-electron chi connectivity index (χ3n) is 1.90. The summed E-state index contributed by atoms with van der Waals surface area (Å²) in [5, 5.41) is 17.7. The summed E-state index contributed by atoms with van der Waals surface area (Å²) in [6.45, 7) is 0. The Labute approximate surface area is 68.6 Å². The van der Waals surface area contributed by atoms with Crippen molar-refractivity contribution in [1.82, 2.24) is 4.90 Å². The van der Waals surface area contributed by atoms with Gasteiger partial charge in [-0.05, 0) is 12.8 Å². The van der Waals surface area contributed by atoms with Gasteiger partial charge in [-0.15, -0.1) is 0 Å². The predicted molar refractivity (Wildman–Crippen MR) is 38.1 cm³/mol. The molecule has 1 aliphatic heterocycles. The predicted octanol–water partition coefficient (Wildman–Crippen LogP) is -1.07. The number of carbonyl (C=O) groups excluding carboxylic acids is 1. The van der Waals surface area contributed by atoms with E-state index in [4.69, 9.17) is 15.9 Å². The summed E-state index contributed by atoms with van der Waals surface area (Å²) >= 11 is 0. The molecule has 0 radical (unpaired) electrons. The molecule has 0 aromatic rings. The number of primary amides is 1. The summed E-state index contributed by atoms with van der Waals surface area (Å²) in [6.07, 6.45) is -1.85. The van der Waals surface area contributed by atoms with E-state index < -0.39 is 24.3 Å². The number of nitrogens with zero attached hydrogens (tertiary/aromatic N) is 1. The number of rotatable bonds is 1. The van der Waals surface area contributed by atoms with Crippen molar-refractivity contribution in [3.8, 4) is 0 Å².